The van der Waals surface area contributed by atoms with Crippen LogP contribution in [0.25, 0.3) is 11.0 Å². The van der Waals surface area contributed by atoms with Crippen LogP contribution in [0.15, 0.2) is 79.9 Å². The summed E-state index contributed by atoms with van der Waals surface area (Å²) in [4.78, 5) is 50.2. The number of carbonyl (C=O) groups excluding carboxylic acids is 1. The molecule has 0 saturated carbocycles. The number of aliphatic hydroxyl groups excluding tert-OH is 4. The SMILES string of the molecule is CNCCC1(CCC2CNC(=O)C2)Oc2c(cc3c(=O)cc(C)oc3c2N2C=C3C=CN=C3C2)CC1OOCC(O)C(O)(CN1C=CC2=NC=CC21)C(O)C(O)CO. The second-order valence-electron chi connectivity index (χ2n) is 16.0. The van der Waals surface area contributed by atoms with Crippen LogP contribution >= 0.6 is 0 Å². The normalized spacial score (nSPS) is 26.8. The molecule has 17 nitrogen and oxygen atoms in total. The Balaban J connectivity index is 1.13. The molecule has 2 aromatic rings. The number of carbonyl (C=O) groups is 1. The minimum Gasteiger partial charge on any atom is -0.482 e. The van der Waals surface area contributed by atoms with Gasteiger partial charge in [-0.25, -0.2) is 9.78 Å². The lowest BCUT2D eigenvalue weighted by Crippen LogP contribution is -2.64. The average molecular weight is 803 g/mol. The van der Waals surface area contributed by atoms with Crippen molar-refractivity contribution in [3.05, 3.63) is 82.3 Å². The molecule has 0 aliphatic carbocycles. The molecule has 1 amide bonds. The number of ether oxygens (including phenoxy) is 1. The van der Waals surface area contributed by atoms with Crippen LogP contribution in [0.1, 0.15) is 37.0 Å². The summed E-state index contributed by atoms with van der Waals surface area (Å²) in [6, 6.07) is 2.84. The molecule has 8 atom stereocenters. The summed E-state index contributed by atoms with van der Waals surface area (Å²) in [5, 5.41) is 61.2. The van der Waals surface area contributed by atoms with E-state index in [1.807, 2.05) is 24.2 Å². The first-order chi connectivity index (χ1) is 27.9. The molecule has 310 valence electrons. The molecular formula is C41H50N6O11. The van der Waals surface area contributed by atoms with Crippen LogP contribution in [0.3, 0.4) is 0 Å². The van der Waals surface area contributed by atoms with E-state index < -0.39 is 48.8 Å². The van der Waals surface area contributed by atoms with Gasteiger partial charge in [-0.3, -0.25) is 19.6 Å². The number of nitrogens with one attached hydrogen (secondary N) is 2. The first-order valence-corrected chi connectivity index (χ1v) is 19.7. The number of nitrogens with zero attached hydrogens (tertiary/aromatic N) is 4. The number of aliphatic hydroxyl groups is 5. The molecule has 0 bridgehead atoms. The van der Waals surface area contributed by atoms with Crippen molar-refractivity contribution in [2.24, 2.45) is 15.9 Å². The van der Waals surface area contributed by atoms with Crippen molar-refractivity contribution in [2.75, 3.05) is 51.3 Å². The van der Waals surface area contributed by atoms with Crippen molar-refractivity contribution < 1.29 is 49.3 Å². The van der Waals surface area contributed by atoms with Gasteiger partial charge in [-0.15, -0.1) is 0 Å². The molecule has 1 saturated heterocycles. The lowest BCUT2D eigenvalue weighted by molar-refractivity contribution is -0.367. The molecule has 8 rings (SSSR count). The summed E-state index contributed by atoms with van der Waals surface area (Å²) in [7, 11) is 1.82. The summed E-state index contributed by atoms with van der Waals surface area (Å²) in [6.07, 6.45) is 8.02. The van der Waals surface area contributed by atoms with E-state index in [9.17, 15) is 35.1 Å². The van der Waals surface area contributed by atoms with Crippen LogP contribution in [0.5, 0.6) is 5.75 Å². The number of amides is 1. The minimum atomic E-state index is -2.41. The van der Waals surface area contributed by atoms with Gasteiger partial charge >= 0.3 is 0 Å². The quantitative estimate of drug-likeness (QED) is 0.0841. The Morgan fingerprint density at radius 3 is 2.74 bits per heavy atom. The number of aliphatic imine (C=N–C) groups is 2. The van der Waals surface area contributed by atoms with Gasteiger partial charge in [0.05, 0.1) is 42.5 Å². The van der Waals surface area contributed by atoms with Gasteiger partial charge in [-0.05, 0) is 63.6 Å². The zero-order valence-corrected chi connectivity index (χ0v) is 32.4. The maximum atomic E-state index is 13.5. The number of aryl methyl sites for hydroxylation is 1. The largest absolute Gasteiger partial charge is 0.482 e. The molecule has 1 aromatic carbocycles. The molecule has 1 fully saturated rings. The molecule has 7 N–H and O–H groups in total. The van der Waals surface area contributed by atoms with E-state index in [1.54, 1.807) is 48.6 Å². The highest BCUT2D eigenvalue weighted by atomic mass is 17.2. The Labute approximate surface area is 334 Å². The van der Waals surface area contributed by atoms with Gasteiger partial charge in [0.2, 0.25) is 5.91 Å². The number of rotatable bonds is 17. The smallest absolute Gasteiger partial charge is 0.220 e. The Hall–Kier alpha value is -4.72. The number of fused-ring (bicyclic) bond motifs is 4. The number of hydrogen-bond donors (Lipinski definition) is 7. The third kappa shape index (κ3) is 7.41. The molecule has 1 aromatic heterocycles. The van der Waals surface area contributed by atoms with Crippen LogP contribution in [-0.4, -0.2) is 136 Å². The van der Waals surface area contributed by atoms with E-state index in [4.69, 9.17) is 18.9 Å². The standard InChI is InChI=1S/C41H50N6O11/c1-23-13-31(49)27-15-26-16-34(58-55-21-33(51)41(54,39(53)32(50)20-48)22-46-12-6-28-30(46)5-10-43-28)40(8-11-42-2,7-3-24-14-35(52)45-17-24)57-37(26)36(38(27)56-23)47-18-25-4-9-44-29(25)19-47/h4-6,9-10,12-13,15,18,24,30,32-34,39,42,48,50-51,53-54H,3,7-8,11,14,16-17,19-22H2,1-2H3,(H,45,52). The molecule has 0 spiro atoms. The van der Waals surface area contributed by atoms with Gasteiger partial charge in [-0.1, -0.05) is 0 Å². The predicted molar refractivity (Wildman–Crippen MR) is 212 cm³/mol. The molecule has 58 heavy (non-hydrogen) atoms. The van der Waals surface area contributed by atoms with Gasteiger partial charge in [0.15, 0.2) is 16.8 Å². The molecule has 7 heterocycles. The summed E-state index contributed by atoms with van der Waals surface area (Å²) in [6.45, 7) is 1.30. The van der Waals surface area contributed by atoms with Crippen molar-refractivity contribution in [1.29, 1.82) is 0 Å². The van der Waals surface area contributed by atoms with Gasteiger partial charge < -0.3 is 55.1 Å². The third-order valence-electron chi connectivity index (χ3n) is 12.1. The Bertz CT molecular complexity index is 2180. The second-order valence-corrected chi connectivity index (χ2v) is 16.0. The van der Waals surface area contributed by atoms with Crippen LogP contribution in [0.2, 0.25) is 0 Å². The van der Waals surface area contributed by atoms with Gasteiger partial charge in [0.25, 0.3) is 0 Å². The van der Waals surface area contributed by atoms with Gasteiger partial charge in [0, 0.05) is 67.8 Å². The highest BCUT2D eigenvalue weighted by molar-refractivity contribution is 6.12. The molecule has 6 aliphatic heterocycles. The maximum Gasteiger partial charge on any atom is 0.220 e. The average Bonchev–Trinajstić information content (AvgIpc) is 4.05. The van der Waals surface area contributed by atoms with Crippen LogP contribution < -0.4 is 25.7 Å². The fourth-order valence-electron chi connectivity index (χ4n) is 8.75. The number of benzene rings is 1. The number of anilines is 1. The van der Waals surface area contributed by atoms with Crippen LogP contribution in [0.4, 0.5) is 5.69 Å². The van der Waals surface area contributed by atoms with E-state index in [1.165, 1.54) is 6.07 Å². The first-order valence-electron chi connectivity index (χ1n) is 19.7. The monoisotopic (exact) mass is 802 g/mol. The van der Waals surface area contributed by atoms with E-state index in [2.05, 4.69) is 20.6 Å². The highest BCUT2D eigenvalue weighted by Crippen LogP contribution is 2.49. The zero-order chi connectivity index (χ0) is 40.8. The van der Waals surface area contributed by atoms with Crippen molar-refractivity contribution in [2.45, 2.75) is 80.7 Å². The Morgan fingerprint density at radius 2 is 1.98 bits per heavy atom. The highest BCUT2D eigenvalue weighted by Gasteiger charge is 2.51. The molecule has 17 heteroatoms. The van der Waals surface area contributed by atoms with Crippen molar-refractivity contribution in [3.63, 3.8) is 0 Å². The van der Waals surface area contributed by atoms with E-state index in [0.717, 1.165) is 11.3 Å². The number of hydrogen-bond acceptors (Lipinski definition) is 16. The van der Waals surface area contributed by atoms with E-state index in [-0.39, 0.29) is 36.3 Å². The summed E-state index contributed by atoms with van der Waals surface area (Å²) < 4.78 is 13.5. The first kappa shape index (κ1) is 40.1. The van der Waals surface area contributed by atoms with E-state index >= 15 is 0 Å². The fourth-order valence-corrected chi connectivity index (χ4v) is 8.75. The summed E-state index contributed by atoms with van der Waals surface area (Å²) in [5.74, 6) is 0.983. The molecule has 0 radical (unpaired) electrons. The third-order valence-corrected chi connectivity index (χ3v) is 12.1. The van der Waals surface area contributed by atoms with E-state index in [0.29, 0.717) is 84.8 Å². The van der Waals surface area contributed by atoms with Crippen LogP contribution in [0, 0.1) is 12.8 Å². The zero-order valence-electron chi connectivity index (χ0n) is 32.4. The number of β-amino-alcohol motifs (C(OH)–C–C–N with tert-alkyl or cyclic N) is 1. The maximum absolute atomic E-state index is 13.5. The van der Waals surface area contributed by atoms with Gasteiger partial charge in [-0.2, -0.15) is 0 Å². The minimum absolute atomic E-state index is 0.0177. The Morgan fingerprint density at radius 1 is 1.14 bits per heavy atom. The lowest BCUT2D eigenvalue weighted by atomic mass is 9.79. The topological polar surface area (TPSA) is 231 Å². The summed E-state index contributed by atoms with van der Waals surface area (Å²) >= 11 is 0. The molecule has 8 unspecified atom stereocenters. The van der Waals surface area contributed by atoms with Crippen molar-refractivity contribution >= 4 is 34.0 Å². The Kier molecular flexibility index (Phi) is 11.2. The number of allylic oxidation sites excluding steroid dienone is 1. The molecular weight excluding hydrogens is 752 g/mol. The van der Waals surface area contributed by atoms with Gasteiger partial charge in [0.1, 0.15) is 53.7 Å². The lowest BCUT2D eigenvalue weighted by Gasteiger charge is -2.46. The fraction of sp³-hybridized carbons (Fsp3) is 0.512. The molecule has 6 aliphatic rings. The van der Waals surface area contributed by atoms with Crippen molar-refractivity contribution in [3.8, 4) is 5.75 Å². The van der Waals surface area contributed by atoms with Crippen LogP contribution in [-0.2, 0) is 21.0 Å². The summed E-state index contributed by atoms with van der Waals surface area (Å²) in [5.41, 5.74) is 0.397. The predicted octanol–water partition coefficient (Wildman–Crippen LogP) is 0.262. The second kappa shape index (κ2) is 16.1. The van der Waals surface area contributed by atoms with Crippen molar-refractivity contribution in [1.82, 2.24) is 15.5 Å².